The molecule has 0 spiro atoms. The van der Waals surface area contributed by atoms with E-state index < -0.39 is 22.0 Å². The summed E-state index contributed by atoms with van der Waals surface area (Å²) in [5.74, 6) is -1.22. The topological polar surface area (TPSA) is 157 Å². The molecule has 4 aromatic rings. The molecule has 0 radical (unpaired) electrons. The summed E-state index contributed by atoms with van der Waals surface area (Å²) in [7, 11) is -4.01. The van der Waals surface area contributed by atoms with E-state index in [0.29, 0.717) is 35.4 Å². The molecule has 202 valence electrons. The van der Waals surface area contributed by atoms with Gasteiger partial charge in [-0.25, -0.2) is 18.6 Å². The number of aromatic nitrogens is 6. The number of rotatable bonds is 9. The molecule has 1 atom stereocenters. The summed E-state index contributed by atoms with van der Waals surface area (Å²) in [6.07, 6.45) is 2.25. The maximum Gasteiger partial charge on any atom is 0.261 e. The molecule has 0 saturated heterocycles. The first-order valence-electron chi connectivity index (χ1n) is 11.0. The SMILES string of the molecule is CC(C)[C@@H](NS(=O)(=O)c1ccc(-n2cc(CCn3nc4c(Br)c(Br)c(Br)c(Br)c4n3)nn2)cc1)C(=O)NO. The number of hydroxylamine groups is 1. The molecule has 0 aliphatic heterocycles. The Bertz CT molecular complexity index is 1560. The highest BCUT2D eigenvalue weighted by Gasteiger charge is 2.28. The highest BCUT2D eigenvalue weighted by Crippen LogP contribution is 2.42. The number of carbonyl (C=O) groups is 1. The van der Waals surface area contributed by atoms with Crippen LogP contribution in [0.3, 0.4) is 0 Å². The predicted octanol–water partition coefficient (Wildman–Crippen LogP) is 4.11. The highest BCUT2D eigenvalue weighted by molar-refractivity contribution is 9.15. The fourth-order valence-electron chi connectivity index (χ4n) is 3.47. The van der Waals surface area contributed by atoms with Crippen molar-refractivity contribution in [3.05, 3.63) is 54.0 Å². The summed E-state index contributed by atoms with van der Waals surface area (Å²) in [6.45, 7) is 3.78. The number of sulfonamides is 1. The summed E-state index contributed by atoms with van der Waals surface area (Å²) in [5, 5.41) is 26.3. The highest BCUT2D eigenvalue weighted by atomic mass is 79.9. The fourth-order valence-corrected chi connectivity index (χ4v) is 7.05. The Morgan fingerprint density at radius 1 is 1.00 bits per heavy atom. The van der Waals surface area contributed by atoms with Gasteiger partial charge in [0.25, 0.3) is 5.91 Å². The lowest BCUT2D eigenvalue weighted by molar-refractivity contribution is -0.131. The molecule has 2 aromatic heterocycles. The van der Waals surface area contributed by atoms with Crippen LogP contribution in [0.4, 0.5) is 0 Å². The average molecular weight is 800 g/mol. The number of carbonyl (C=O) groups excluding carboxylic acids is 1. The molecule has 0 bridgehead atoms. The van der Waals surface area contributed by atoms with E-state index in [2.05, 4.69) is 89.0 Å². The van der Waals surface area contributed by atoms with Crippen LogP contribution in [0.25, 0.3) is 16.7 Å². The van der Waals surface area contributed by atoms with Gasteiger partial charge in [0, 0.05) is 15.4 Å². The Balaban J connectivity index is 1.46. The molecule has 12 nitrogen and oxygen atoms in total. The number of hydrogen-bond donors (Lipinski definition) is 3. The van der Waals surface area contributed by atoms with E-state index in [-0.39, 0.29) is 10.8 Å². The maximum atomic E-state index is 12.8. The van der Waals surface area contributed by atoms with Gasteiger partial charge in [-0.3, -0.25) is 10.0 Å². The lowest BCUT2D eigenvalue weighted by atomic mass is 10.1. The number of nitrogens with one attached hydrogen (secondary N) is 2. The van der Waals surface area contributed by atoms with Crippen molar-refractivity contribution in [1.29, 1.82) is 0 Å². The quantitative estimate of drug-likeness (QED) is 0.0989. The van der Waals surface area contributed by atoms with Crippen LogP contribution in [-0.2, 0) is 27.8 Å². The van der Waals surface area contributed by atoms with Crippen molar-refractivity contribution in [2.45, 2.75) is 37.8 Å². The van der Waals surface area contributed by atoms with E-state index >= 15 is 0 Å². The second kappa shape index (κ2) is 11.8. The molecular formula is C21H20Br4N8O4S. The summed E-state index contributed by atoms with van der Waals surface area (Å²) < 4.78 is 32.6. The Kier molecular flexibility index (Phi) is 9.06. The summed E-state index contributed by atoms with van der Waals surface area (Å²) in [6, 6.07) is 4.83. The molecule has 0 saturated carbocycles. The first-order chi connectivity index (χ1) is 17.9. The van der Waals surface area contributed by atoms with Gasteiger partial charge in [-0.1, -0.05) is 19.1 Å². The van der Waals surface area contributed by atoms with Crippen LogP contribution in [0.5, 0.6) is 0 Å². The van der Waals surface area contributed by atoms with Gasteiger partial charge in [-0.05, 0) is 93.9 Å². The monoisotopic (exact) mass is 796 g/mol. The van der Waals surface area contributed by atoms with E-state index in [0.717, 1.165) is 17.9 Å². The van der Waals surface area contributed by atoms with Gasteiger partial charge in [0.05, 0.1) is 38.0 Å². The molecule has 0 aliphatic rings. The van der Waals surface area contributed by atoms with Crippen molar-refractivity contribution in [2.24, 2.45) is 5.92 Å². The zero-order valence-corrected chi connectivity index (χ0v) is 26.9. The van der Waals surface area contributed by atoms with Crippen molar-refractivity contribution >= 4 is 90.7 Å². The van der Waals surface area contributed by atoms with Crippen molar-refractivity contribution < 1.29 is 18.4 Å². The summed E-state index contributed by atoms with van der Waals surface area (Å²) >= 11 is 14.1. The predicted molar refractivity (Wildman–Crippen MR) is 152 cm³/mol. The molecule has 0 aliphatic carbocycles. The number of benzene rings is 2. The molecule has 0 unspecified atom stereocenters. The second-order valence-electron chi connectivity index (χ2n) is 8.47. The van der Waals surface area contributed by atoms with Crippen LogP contribution >= 0.6 is 63.7 Å². The van der Waals surface area contributed by atoms with Crippen LogP contribution < -0.4 is 10.2 Å². The second-order valence-corrected chi connectivity index (χ2v) is 13.4. The Labute approximate surface area is 251 Å². The van der Waals surface area contributed by atoms with Crippen molar-refractivity contribution in [2.75, 3.05) is 0 Å². The molecule has 1 amide bonds. The number of hydrogen-bond acceptors (Lipinski definition) is 8. The van der Waals surface area contributed by atoms with E-state index in [1.165, 1.54) is 22.3 Å². The minimum Gasteiger partial charge on any atom is -0.289 e. The van der Waals surface area contributed by atoms with Crippen LogP contribution in [-0.4, -0.2) is 55.6 Å². The molecule has 4 rings (SSSR count). The minimum absolute atomic E-state index is 0.0367. The standard InChI is InChI=1S/C21H20Br4N8O4S/c1-10(2)18(21(34)29-35)30-38(36,37)13-5-3-12(4-6-13)32-9-11(26-31-32)7-8-33-27-19-16(24)14(22)15(23)17(25)20(19)28-33/h3-6,9-10,18,30,35H,7-8H2,1-2H3,(H,29,34)/t18-/m1/s1. The van der Waals surface area contributed by atoms with Gasteiger partial charge < -0.3 is 0 Å². The first kappa shape index (κ1) is 29.2. The van der Waals surface area contributed by atoms with Crippen LogP contribution in [0.15, 0.2) is 53.2 Å². The summed E-state index contributed by atoms with van der Waals surface area (Å²) in [5.41, 5.74) is 4.19. The van der Waals surface area contributed by atoms with Gasteiger partial charge >= 0.3 is 0 Å². The van der Waals surface area contributed by atoms with Crippen molar-refractivity contribution in [3.63, 3.8) is 0 Å². The molecule has 0 fully saturated rings. The van der Waals surface area contributed by atoms with Crippen molar-refractivity contribution in [1.82, 2.24) is 40.2 Å². The number of fused-ring (bicyclic) bond motifs is 1. The number of halogens is 4. The van der Waals surface area contributed by atoms with Crippen molar-refractivity contribution in [3.8, 4) is 5.69 Å². The van der Waals surface area contributed by atoms with E-state index in [4.69, 9.17) is 5.21 Å². The van der Waals surface area contributed by atoms with Gasteiger partial charge in [-0.2, -0.15) is 19.7 Å². The third kappa shape index (κ3) is 6.03. The zero-order valence-electron chi connectivity index (χ0n) is 19.7. The molecule has 2 heterocycles. The molecule has 17 heteroatoms. The first-order valence-corrected chi connectivity index (χ1v) is 15.6. The fraction of sp³-hybridized carbons (Fsp3) is 0.286. The van der Waals surface area contributed by atoms with Crippen LogP contribution in [0.2, 0.25) is 0 Å². The minimum atomic E-state index is -4.01. The third-order valence-electron chi connectivity index (χ3n) is 5.51. The largest absolute Gasteiger partial charge is 0.289 e. The number of aryl methyl sites for hydroxylation is 2. The van der Waals surface area contributed by atoms with Crippen LogP contribution in [0.1, 0.15) is 19.5 Å². The van der Waals surface area contributed by atoms with Gasteiger partial charge in [-0.15, -0.1) is 5.10 Å². The molecule has 38 heavy (non-hydrogen) atoms. The molecule has 2 aromatic carbocycles. The Hall–Kier alpha value is -1.76. The number of nitrogens with zero attached hydrogens (tertiary/aromatic N) is 6. The lowest BCUT2D eigenvalue weighted by Crippen LogP contribution is -2.48. The summed E-state index contributed by atoms with van der Waals surface area (Å²) in [4.78, 5) is 13.4. The van der Waals surface area contributed by atoms with Crippen LogP contribution in [0, 0.1) is 5.92 Å². The van der Waals surface area contributed by atoms with E-state index in [9.17, 15) is 13.2 Å². The average Bonchev–Trinajstić information content (AvgIpc) is 3.55. The van der Waals surface area contributed by atoms with Gasteiger partial charge in [0.1, 0.15) is 17.1 Å². The van der Waals surface area contributed by atoms with E-state index in [1.807, 2.05) is 0 Å². The van der Waals surface area contributed by atoms with Gasteiger partial charge in [0.2, 0.25) is 10.0 Å². The smallest absolute Gasteiger partial charge is 0.261 e. The lowest BCUT2D eigenvalue weighted by Gasteiger charge is -2.20. The Morgan fingerprint density at radius 2 is 1.58 bits per heavy atom. The Morgan fingerprint density at radius 3 is 2.11 bits per heavy atom. The molecule has 3 N–H and O–H groups in total. The molecular weight excluding hydrogens is 780 g/mol. The van der Waals surface area contributed by atoms with E-state index in [1.54, 1.807) is 37.0 Å². The third-order valence-corrected chi connectivity index (χ3v) is 11.7. The normalized spacial score (nSPS) is 12.8. The zero-order chi connectivity index (χ0) is 27.8. The maximum absolute atomic E-state index is 12.8. The van der Waals surface area contributed by atoms with Gasteiger partial charge in [0.15, 0.2) is 0 Å². The number of amides is 1.